The van der Waals surface area contributed by atoms with Crippen LogP contribution in [0.1, 0.15) is 72.6 Å². The number of hydrogen-bond donors (Lipinski definition) is 0. The Morgan fingerprint density at radius 2 is 1.88 bits per heavy atom. The molecular formula is C16H30. The predicted molar refractivity (Wildman–Crippen MR) is 75.7 cm³/mol. The summed E-state index contributed by atoms with van der Waals surface area (Å²) in [4.78, 5) is 0. The van der Waals surface area contributed by atoms with Gasteiger partial charge in [0.2, 0.25) is 0 Å². The number of hydrogen-bond acceptors (Lipinski definition) is 0. The van der Waals surface area contributed by atoms with Crippen LogP contribution in [0.25, 0.3) is 0 Å². The highest BCUT2D eigenvalue weighted by Crippen LogP contribution is 2.16. The van der Waals surface area contributed by atoms with Crippen molar-refractivity contribution in [2.75, 3.05) is 0 Å². The van der Waals surface area contributed by atoms with E-state index in [9.17, 15) is 0 Å². The first-order valence-electron chi connectivity index (χ1n) is 7.10. The summed E-state index contributed by atoms with van der Waals surface area (Å²) < 4.78 is 0. The minimum Gasteiger partial charge on any atom is -0.0843 e. The van der Waals surface area contributed by atoms with Gasteiger partial charge in [0.25, 0.3) is 0 Å². The maximum Gasteiger partial charge on any atom is -0.0256 e. The lowest BCUT2D eigenvalue weighted by Gasteiger charge is -2.09. The molecule has 0 bridgehead atoms. The molecule has 0 nitrogen and oxygen atoms in total. The van der Waals surface area contributed by atoms with Gasteiger partial charge in [-0.05, 0) is 31.6 Å². The molecule has 0 aliphatic carbocycles. The molecule has 94 valence electrons. The summed E-state index contributed by atoms with van der Waals surface area (Å²) >= 11 is 0. The largest absolute Gasteiger partial charge is 0.0843 e. The first kappa shape index (κ1) is 15.5. The van der Waals surface area contributed by atoms with Gasteiger partial charge in [-0.1, -0.05) is 70.8 Å². The van der Waals surface area contributed by atoms with Crippen LogP contribution in [-0.2, 0) is 0 Å². The quantitative estimate of drug-likeness (QED) is 0.337. The molecule has 0 aromatic carbocycles. The van der Waals surface area contributed by atoms with Crippen molar-refractivity contribution in [1.29, 1.82) is 0 Å². The van der Waals surface area contributed by atoms with E-state index in [0.29, 0.717) is 0 Å². The van der Waals surface area contributed by atoms with E-state index in [-0.39, 0.29) is 0 Å². The lowest BCUT2D eigenvalue weighted by atomic mass is 9.97. The van der Waals surface area contributed by atoms with Crippen molar-refractivity contribution in [1.82, 2.24) is 0 Å². The van der Waals surface area contributed by atoms with E-state index in [1.807, 2.05) is 0 Å². The van der Waals surface area contributed by atoms with Crippen LogP contribution >= 0.6 is 0 Å². The Morgan fingerprint density at radius 3 is 2.44 bits per heavy atom. The molecule has 0 aromatic heterocycles. The first-order chi connectivity index (χ1) is 7.74. The number of unbranched alkanes of at least 4 members (excludes halogenated alkanes) is 3. The summed E-state index contributed by atoms with van der Waals surface area (Å²) in [6.45, 7) is 9.10. The normalized spacial score (nSPS) is 14.6. The SMILES string of the molecule is CCC=C(C=CCCCCC)CC(C)CC. The van der Waals surface area contributed by atoms with E-state index in [1.54, 1.807) is 0 Å². The van der Waals surface area contributed by atoms with Crippen LogP contribution in [0.4, 0.5) is 0 Å². The smallest absolute Gasteiger partial charge is 0.0256 e. The molecule has 0 heterocycles. The van der Waals surface area contributed by atoms with Gasteiger partial charge < -0.3 is 0 Å². The topological polar surface area (TPSA) is 0 Å². The Hall–Kier alpha value is -0.520. The maximum atomic E-state index is 2.38. The van der Waals surface area contributed by atoms with E-state index in [0.717, 1.165) is 12.3 Å². The van der Waals surface area contributed by atoms with E-state index >= 15 is 0 Å². The van der Waals surface area contributed by atoms with Gasteiger partial charge in [0.15, 0.2) is 0 Å². The highest BCUT2D eigenvalue weighted by Gasteiger charge is 2.00. The Labute approximate surface area is 103 Å². The van der Waals surface area contributed by atoms with E-state index in [1.165, 1.54) is 44.1 Å². The molecule has 0 saturated carbocycles. The van der Waals surface area contributed by atoms with Crippen molar-refractivity contribution in [2.45, 2.75) is 72.6 Å². The molecule has 0 fully saturated rings. The fourth-order valence-electron chi connectivity index (χ4n) is 1.78. The van der Waals surface area contributed by atoms with Gasteiger partial charge in [-0.2, -0.15) is 0 Å². The molecule has 0 aliphatic heterocycles. The van der Waals surface area contributed by atoms with Crippen LogP contribution in [0, 0.1) is 5.92 Å². The summed E-state index contributed by atoms with van der Waals surface area (Å²) in [6.07, 6.45) is 16.0. The summed E-state index contributed by atoms with van der Waals surface area (Å²) in [5, 5.41) is 0. The zero-order chi connectivity index (χ0) is 12.2. The molecule has 0 spiro atoms. The molecule has 0 aliphatic rings. The molecule has 1 unspecified atom stereocenters. The van der Waals surface area contributed by atoms with Gasteiger partial charge >= 0.3 is 0 Å². The van der Waals surface area contributed by atoms with Crippen molar-refractivity contribution in [3.8, 4) is 0 Å². The molecule has 0 N–H and O–H groups in total. The van der Waals surface area contributed by atoms with Crippen LogP contribution in [0.3, 0.4) is 0 Å². The molecule has 0 amide bonds. The van der Waals surface area contributed by atoms with Crippen LogP contribution in [0.15, 0.2) is 23.8 Å². The Kier molecular flexibility index (Phi) is 10.6. The molecule has 0 heteroatoms. The Bertz CT molecular complexity index is 198. The van der Waals surface area contributed by atoms with E-state index in [2.05, 4.69) is 45.9 Å². The Morgan fingerprint density at radius 1 is 1.12 bits per heavy atom. The molecule has 0 radical (unpaired) electrons. The predicted octanol–water partition coefficient (Wildman–Crippen LogP) is 5.90. The summed E-state index contributed by atoms with van der Waals surface area (Å²) in [5.41, 5.74) is 1.54. The van der Waals surface area contributed by atoms with Gasteiger partial charge in [-0.15, -0.1) is 0 Å². The highest BCUT2D eigenvalue weighted by atomic mass is 14.1. The van der Waals surface area contributed by atoms with Gasteiger partial charge in [-0.25, -0.2) is 0 Å². The minimum absolute atomic E-state index is 0.818. The zero-order valence-corrected chi connectivity index (χ0v) is 11.8. The zero-order valence-electron chi connectivity index (χ0n) is 11.8. The first-order valence-corrected chi connectivity index (χ1v) is 7.10. The second kappa shape index (κ2) is 11.0. The molecule has 16 heavy (non-hydrogen) atoms. The van der Waals surface area contributed by atoms with Gasteiger partial charge in [-0.3, -0.25) is 0 Å². The fraction of sp³-hybridized carbons (Fsp3) is 0.750. The summed E-state index contributed by atoms with van der Waals surface area (Å²) in [5.74, 6) is 0.818. The van der Waals surface area contributed by atoms with Gasteiger partial charge in [0, 0.05) is 0 Å². The second-order valence-corrected chi connectivity index (χ2v) is 4.80. The fourth-order valence-corrected chi connectivity index (χ4v) is 1.78. The van der Waals surface area contributed by atoms with Gasteiger partial charge in [0.1, 0.15) is 0 Å². The highest BCUT2D eigenvalue weighted by molar-refractivity contribution is 5.18. The maximum absolute atomic E-state index is 2.38. The molecule has 0 aromatic rings. The Balaban J connectivity index is 3.98. The third-order valence-electron chi connectivity index (χ3n) is 3.05. The molecule has 0 rings (SSSR count). The third kappa shape index (κ3) is 8.76. The average Bonchev–Trinajstić information content (AvgIpc) is 2.28. The van der Waals surface area contributed by atoms with E-state index < -0.39 is 0 Å². The monoisotopic (exact) mass is 222 g/mol. The lowest BCUT2D eigenvalue weighted by molar-refractivity contribution is 0.561. The van der Waals surface area contributed by atoms with Crippen LogP contribution in [0.5, 0.6) is 0 Å². The standard InChI is InChI=1S/C16H30/c1-5-8-9-10-11-13-16(12-6-2)14-15(4)7-3/h11-13,15H,5-10,14H2,1-4H3. The molecular weight excluding hydrogens is 192 g/mol. The minimum atomic E-state index is 0.818. The summed E-state index contributed by atoms with van der Waals surface area (Å²) in [7, 11) is 0. The van der Waals surface area contributed by atoms with Crippen molar-refractivity contribution in [2.24, 2.45) is 5.92 Å². The van der Waals surface area contributed by atoms with Crippen LogP contribution in [-0.4, -0.2) is 0 Å². The van der Waals surface area contributed by atoms with Crippen LogP contribution in [0.2, 0.25) is 0 Å². The van der Waals surface area contributed by atoms with Crippen molar-refractivity contribution in [3.63, 3.8) is 0 Å². The van der Waals surface area contributed by atoms with Crippen molar-refractivity contribution in [3.05, 3.63) is 23.8 Å². The lowest BCUT2D eigenvalue weighted by Crippen LogP contribution is -1.93. The molecule has 1 atom stereocenters. The number of rotatable bonds is 9. The third-order valence-corrected chi connectivity index (χ3v) is 3.05. The van der Waals surface area contributed by atoms with Crippen molar-refractivity contribution < 1.29 is 0 Å². The second-order valence-electron chi connectivity index (χ2n) is 4.80. The molecule has 0 saturated heterocycles. The van der Waals surface area contributed by atoms with Crippen molar-refractivity contribution >= 4 is 0 Å². The average molecular weight is 222 g/mol. The van der Waals surface area contributed by atoms with E-state index in [4.69, 9.17) is 0 Å². The van der Waals surface area contributed by atoms with Gasteiger partial charge in [0.05, 0.1) is 0 Å². The summed E-state index contributed by atoms with van der Waals surface area (Å²) in [6, 6.07) is 0. The number of allylic oxidation sites excluding steroid dienone is 4. The van der Waals surface area contributed by atoms with Crippen LogP contribution < -0.4 is 0 Å².